The van der Waals surface area contributed by atoms with Crippen LogP contribution in [0, 0.1) is 12.3 Å². The van der Waals surface area contributed by atoms with Gasteiger partial charge >= 0.3 is 5.97 Å². The molecule has 3 rings (SSSR count). The number of carboxylic acid groups (broad SMARTS) is 1. The highest BCUT2D eigenvalue weighted by molar-refractivity contribution is 5.84. The summed E-state index contributed by atoms with van der Waals surface area (Å²) in [6, 6.07) is 3.87. The van der Waals surface area contributed by atoms with Gasteiger partial charge in [-0.05, 0) is 37.7 Å². The van der Waals surface area contributed by atoms with E-state index in [0.717, 1.165) is 66.8 Å². The molecule has 0 unspecified atom stereocenters. The fourth-order valence-corrected chi connectivity index (χ4v) is 3.85. The van der Waals surface area contributed by atoms with Crippen molar-refractivity contribution < 1.29 is 14.6 Å². The summed E-state index contributed by atoms with van der Waals surface area (Å²) in [6.45, 7) is 11.1. The van der Waals surface area contributed by atoms with Crippen LogP contribution in [-0.4, -0.2) is 40.7 Å². The summed E-state index contributed by atoms with van der Waals surface area (Å²) in [5.41, 5.74) is 4.73. The monoisotopic (exact) mass is 411 g/mol. The van der Waals surface area contributed by atoms with Crippen molar-refractivity contribution in [2.24, 2.45) is 5.41 Å². The molecule has 0 aromatic carbocycles. The van der Waals surface area contributed by atoms with Gasteiger partial charge in [0.15, 0.2) is 0 Å². The highest BCUT2D eigenvalue weighted by Gasteiger charge is 2.29. The summed E-state index contributed by atoms with van der Waals surface area (Å²) in [6.07, 6.45) is 7.84. The van der Waals surface area contributed by atoms with E-state index in [1.165, 1.54) is 0 Å². The molecular weight excluding hydrogens is 378 g/mol. The number of anilines is 1. The molecule has 0 radical (unpaired) electrons. The zero-order valence-corrected chi connectivity index (χ0v) is 18.6. The first-order valence-electron chi connectivity index (χ1n) is 10.8. The number of aryl methyl sites for hydroxylation is 1. The van der Waals surface area contributed by atoms with Crippen LogP contribution in [0.1, 0.15) is 57.7 Å². The van der Waals surface area contributed by atoms with Gasteiger partial charge in [0.25, 0.3) is 0 Å². The predicted molar refractivity (Wildman–Crippen MR) is 119 cm³/mol. The third-order valence-electron chi connectivity index (χ3n) is 5.92. The molecule has 0 atom stereocenters. The zero-order chi connectivity index (χ0) is 21.7. The van der Waals surface area contributed by atoms with E-state index < -0.39 is 5.97 Å². The topological polar surface area (TPSA) is 75.6 Å². The maximum Gasteiger partial charge on any atom is 0.307 e. The number of rotatable bonds is 8. The number of hydrogen-bond donors (Lipinski definition) is 1. The van der Waals surface area contributed by atoms with Crippen LogP contribution in [-0.2, 0) is 11.2 Å². The Hall–Kier alpha value is -2.63. The maximum absolute atomic E-state index is 11.6. The fraction of sp³-hybridized carbons (Fsp3) is 0.542. The molecule has 1 N–H and O–H groups in total. The average Bonchev–Trinajstić information content (AvgIpc) is 2.70. The smallest absolute Gasteiger partial charge is 0.307 e. The van der Waals surface area contributed by atoms with E-state index in [-0.39, 0.29) is 6.42 Å². The van der Waals surface area contributed by atoms with Crippen molar-refractivity contribution >= 4 is 11.7 Å². The van der Waals surface area contributed by atoms with Gasteiger partial charge in [0.1, 0.15) is 0 Å². The number of hydrogen-bond acceptors (Lipinski definition) is 5. The molecule has 1 saturated heterocycles. The molecule has 6 heteroatoms. The van der Waals surface area contributed by atoms with E-state index in [2.05, 4.69) is 35.6 Å². The van der Waals surface area contributed by atoms with Crippen LogP contribution in [0.25, 0.3) is 11.1 Å². The number of piperidine rings is 1. The second kappa shape index (κ2) is 9.45. The molecule has 0 amide bonds. The molecule has 1 aliphatic heterocycles. The summed E-state index contributed by atoms with van der Waals surface area (Å²) in [4.78, 5) is 22.9. The Labute approximate surface area is 179 Å². The van der Waals surface area contributed by atoms with Crippen molar-refractivity contribution in [2.45, 2.75) is 59.8 Å². The second-order valence-corrected chi connectivity index (χ2v) is 8.89. The second-order valence-electron chi connectivity index (χ2n) is 8.89. The van der Waals surface area contributed by atoms with E-state index >= 15 is 0 Å². The molecule has 30 heavy (non-hydrogen) atoms. The Balaban J connectivity index is 1.98. The van der Waals surface area contributed by atoms with Gasteiger partial charge in [0.05, 0.1) is 18.7 Å². The number of pyridine rings is 2. The Morgan fingerprint density at radius 2 is 1.93 bits per heavy atom. The number of aliphatic carboxylic acids is 1. The van der Waals surface area contributed by atoms with Gasteiger partial charge in [-0.15, -0.1) is 0 Å². The van der Waals surface area contributed by atoms with Gasteiger partial charge in [-0.1, -0.05) is 27.2 Å². The number of unbranched alkanes of at least 4 members (excludes halogenated alkanes) is 1. The standard InChI is InChI=1S/C24H33N3O3/c1-5-6-13-30-21-8-7-18(15-26-21)20-16-25-17(2)19(14-22(28)29)23(20)27-11-9-24(3,4)10-12-27/h7-8,15-16H,5-6,9-14H2,1-4H3,(H,28,29). The molecule has 0 saturated carbocycles. The number of carbonyl (C=O) groups is 1. The summed E-state index contributed by atoms with van der Waals surface area (Å²) in [5, 5.41) is 9.52. The lowest BCUT2D eigenvalue weighted by Crippen LogP contribution is -2.38. The van der Waals surface area contributed by atoms with E-state index in [4.69, 9.17) is 4.74 Å². The molecule has 1 fully saturated rings. The van der Waals surface area contributed by atoms with Crippen molar-refractivity contribution in [1.29, 1.82) is 0 Å². The van der Waals surface area contributed by atoms with Gasteiger partial charge in [-0.3, -0.25) is 9.78 Å². The van der Waals surface area contributed by atoms with Gasteiger partial charge in [-0.2, -0.15) is 0 Å². The summed E-state index contributed by atoms with van der Waals surface area (Å²) >= 11 is 0. The van der Waals surface area contributed by atoms with Crippen LogP contribution < -0.4 is 9.64 Å². The van der Waals surface area contributed by atoms with Crippen LogP contribution in [0.3, 0.4) is 0 Å². The van der Waals surface area contributed by atoms with Crippen molar-refractivity contribution in [3.63, 3.8) is 0 Å². The third-order valence-corrected chi connectivity index (χ3v) is 5.92. The lowest BCUT2D eigenvalue weighted by atomic mass is 9.82. The van der Waals surface area contributed by atoms with Crippen LogP contribution in [0.4, 0.5) is 5.69 Å². The Morgan fingerprint density at radius 1 is 1.20 bits per heavy atom. The van der Waals surface area contributed by atoms with Crippen molar-refractivity contribution in [3.05, 3.63) is 35.8 Å². The van der Waals surface area contributed by atoms with Crippen LogP contribution in [0.5, 0.6) is 5.88 Å². The minimum absolute atomic E-state index is 0.0342. The Morgan fingerprint density at radius 3 is 2.53 bits per heavy atom. The first kappa shape index (κ1) is 22.1. The van der Waals surface area contributed by atoms with E-state index in [9.17, 15) is 9.90 Å². The summed E-state index contributed by atoms with van der Waals surface area (Å²) in [7, 11) is 0. The molecule has 0 bridgehead atoms. The SMILES string of the molecule is CCCCOc1ccc(-c2cnc(C)c(CC(=O)O)c2N2CCC(C)(C)CC2)cn1. The quantitative estimate of drug-likeness (QED) is 0.624. The fourth-order valence-electron chi connectivity index (χ4n) is 3.85. The van der Waals surface area contributed by atoms with Crippen LogP contribution in [0.15, 0.2) is 24.5 Å². The molecule has 162 valence electrons. The number of aromatic nitrogens is 2. The van der Waals surface area contributed by atoms with E-state index in [1.54, 1.807) is 6.20 Å². The largest absolute Gasteiger partial charge is 0.481 e. The van der Waals surface area contributed by atoms with Gasteiger partial charge in [0.2, 0.25) is 5.88 Å². The van der Waals surface area contributed by atoms with Crippen LogP contribution >= 0.6 is 0 Å². The van der Waals surface area contributed by atoms with E-state index in [0.29, 0.717) is 17.9 Å². The maximum atomic E-state index is 11.6. The van der Waals surface area contributed by atoms with Crippen molar-refractivity contribution in [2.75, 3.05) is 24.6 Å². The Kier molecular flexibility index (Phi) is 6.95. The number of ether oxygens (including phenoxy) is 1. The van der Waals surface area contributed by atoms with E-state index in [1.807, 2.05) is 25.3 Å². The molecule has 2 aromatic heterocycles. The Bertz CT molecular complexity index is 868. The molecule has 0 aliphatic carbocycles. The molecule has 3 heterocycles. The van der Waals surface area contributed by atoms with Gasteiger partial charge < -0.3 is 14.7 Å². The number of carboxylic acids is 1. The first-order chi connectivity index (χ1) is 14.3. The first-order valence-corrected chi connectivity index (χ1v) is 10.8. The molecule has 1 aliphatic rings. The number of nitrogens with zero attached hydrogens (tertiary/aromatic N) is 3. The average molecular weight is 412 g/mol. The highest BCUT2D eigenvalue weighted by Crippen LogP contribution is 2.39. The van der Waals surface area contributed by atoms with Gasteiger partial charge in [0, 0.05) is 53.9 Å². The minimum atomic E-state index is -0.839. The van der Waals surface area contributed by atoms with Crippen molar-refractivity contribution in [3.8, 4) is 17.0 Å². The highest BCUT2D eigenvalue weighted by atomic mass is 16.5. The summed E-state index contributed by atoms with van der Waals surface area (Å²) < 4.78 is 5.69. The molecule has 2 aromatic rings. The zero-order valence-electron chi connectivity index (χ0n) is 18.6. The molecule has 6 nitrogen and oxygen atoms in total. The van der Waals surface area contributed by atoms with Crippen LogP contribution in [0.2, 0.25) is 0 Å². The third kappa shape index (κ3) is 5.29. The lowest BCUT2D eigenvalue weighted by Gasteiger charge is -2.40. The van der Waals surface area contributed by atoms with Crippen molar-refractivity contribution in [1.82, 2.24) is 9.97 Å². The molecule has 0 spiro atoms. The molecular formula is C24H33N3O3. The lowest BCUT2D eigenvalue weighted by molar-refractivity contribution is -0.136. The minimum Gasteiger partial charge on any atom is -0.481 e. The predicted octanol–water partition coefficient (Wildman–Crippen LogP) is 4.88. The summed E-state index contributed by atoms with van der Waals surface area (Å²) in [5.74, 6) is -0.229. The van der Waals surface area contributed by atoms with Gasteiger partial charge in [-0.25, -0.2) is 4.98 Å². The normalized spacial score (nSPS) is 15.8.